The Morgan fingerprint density at radius 2 is 1.91 bits per heavy atom. The van der Waals surface area contributed by atoms with Crippen LogP contribution in [0.1, 0.15) is 5.56 Å². The average molecular weight is 417 g/mol. The molecule has 1 atom stereocenters. The molecule has 0 aliphatic carbocycles. The van der Waals surface area contributed by atoms with Crippen LogP contribution in [0.5, 0.6) is 0 Å². The van der Waals surface area contributed by atoms with Crippen LogP contribution >= 0.6 is 27.5 Å². The molecular formula is C16H15BrClNO3S. The molecular weight excluding hydrogens is 402 g/mol. The quantitative estimate of drug-likeness (QED) is 0.699. The molecule has 1 saturated heterocycles. The van der Waals surface area contributed by atoms with Gasteiger partial charge in [0.1, 0.15) is 5.60 Å². The molecule has 0 radical (unpaired) electrons. The van der Waals surface area contributed by atoms with Crippen LogP contribution in [0.4, 0.5) is 0 Å². The monoisotopic (exact) mass is 415 g/mol. The van der Waals surface area contributed by atoms with Crippen molar-refractivity contribution in [3.63, 3.8) is 0 Å². The smallest absolute Gasteiger partial charge is 0.242 e. The molecule has 3 rings (SSSR count). The normalized spacial score (nSPS) is 20.7. The largest absolute Gasteiger partial charge is 0.363 e. The number of rotatable bonds is 5. The lowest BCUT2D eigenvalue weighted by Crippen LogP contribution is -2.35. The third kappa shape index (κ3) is 3.46. The van der Waals surface area contributed by atoms with Gasteiger partial charge < -0.3 is 4.74 Å². The molecule has 2 aromatic carbocycles. The first-order valence-corrected chi connectivity index (χ1v) is 9.57. The fraction of sp³-hybridized carbons (Fsp3) is 0.250. The van der Waals surface area contributed by atoms with Gasteiger partial charge in [-0.3, -0.25) is 0 Å². The van der Waals surface area contributed by atoms with E-state index in [9.17, 15) is 8.42 Å². The van der Waals surface area contributed by atoms with Gasteiger partial charge in [0.25, 0.3) is 0 Å². The molecule has 1 aliphatic rings. The summed E-state index contributed by atoms with van der Waals surface area (Å²) in [6.07, 6.45) is 0. The van der Waals surface area contributed by atoms with E-state index in [0.717, 1.165) is 10.0 Å². The van der Waals surface area contributed by atoms with Gasteiger partial charge in [-0.25, -0.2) is 8.42 Å². The Hall–Kier alpha value is -0.920. The Bertz CT molecular complexity index is 819. The van der Waals surface area contributed by atoms with Gasteiger partial charge in [-0.15, -0.1) is 0 Å². The maximum absolute atomic E-state index is 12.7. The summed E-state index contributed by atoms with van der Waals surface area (Å²) in [6, 6.07) is 13.9. The Morgan fingerprint density at radius 3 is 2.48 bits per heavy atom. The van der Waals surface area contributed by atoms with Crippen molar-refractivity contribution in [1.29, 1.82) is 0 Å². The molecule has 0 spiro atoms. The summed E-state index contributed by atoms with van der Waals surface area (Å²) in [4.78, 5) is 0.255. The number of epoxide rings is 1. The van der Waals surface area contributed by atoms with Crippen LogP contribution in [0.15, 0.2) is 57.9 Å². The molecule has 0 aromatic heterocycles. The highest BCUT2D eigenvalue weighted by Crippen LogP contribution is 2.40. The first-order valence-electron chi connectivity index (χ1n) is 6.95. The summed E-state index contributed by atoms with van der Waals surface area (Å²) in [6.45, 7) is 0.722. The number of ether oxygens (including phenoxy) is 1. The zero-order valence-electron chi connectivity index (χ0n) is 12.4. The highest BCUT2D eigenvalue weighted by Gasteiger charge is 2.49. The zero-order chi connectivity index (χ0) is 16.7. The lowest BCUT2D eigenvalue weighted by atomic mass is 10.0. The molecule has 23 heavy (non-hydrogen) atoms. The Morgan fingerprint density at radius 1 is 1.26 bits per heavy atom. The van der Waals surface area contributed by atoms with Gasteiger partial charge in [0.05, 0.1) is 11.5 Å². The molecule has 0 amide bonds. The number of hydrogen-bond donors (Lipinski definition) is 0. The fourth-order valence-corrected chi connectivity index (χ4v) is 4.11. The standard InChI is InChI=1S/C16H15BrClNO3S/c1-19(23(20,21)15-7-5-13(17)6-8-15)10-16(11-22-16)12-3-2-4-14(18)9-12/h2-9H,10-11H2,1H3. The van der Waals surface area contributed by atoms with Gasteiger partial charge in [-0.2, -0.15) is 4.31 Å². The van der Waals surface area contributed by atoms with E-state index in [4.69, 9.17) is 16.3 Å². The van der Waals surface area contributed by atoms with E-state index >= 15 is 0 Å². The van der Waals surface area contributed by atoms with Crippen LogP contribution in [0.25, 0.3) is 0 Å². The van der Waals surface area contributed by atoms with Crippen molar-refractivity contribution in [2.75, 3.05) is 20.2 Å². The van der Waals surface area contributed by atoms with Crippen molar-refractivity contribution < 1.29 is 13.2 Å². The fourth-order valence-electron chi connectivity index (χ4n) is 2.44. The second-order valence-corrected chi connectivity index (χ2v) is 8.91. The number of sulfonamides is 1. The molecule has 4 nitrogen and oxygen atoms in total. The molecule has 1 heterocycles. The maximum atomic E-state index is 12.7. The predicted molar refractivity (Wildman–Crippen MR) is 93.0 cm³/mol. The second-order valence-electron chi connectivity index (χ2n) is 5.51. The van der Waals surface area contributed by atoms with E-state index in [1.54, 1.807) is 37.4 Å². The van der Waals surface area contributed by atoms with Crippen LogP contribution in [-0.4, -0.2) is 32.9 Å². The minimum atomic E-state index is -3.57. The van der Waals surface area contributed by atoms with E-state index in [-0.39, 0.29) is 11.4 Å². The molecule has 0 saturated carbocycles. The predicted octanol–water partition coefficient (Wildman–Crippen LogP) is 3.65. The summed E-state index contributed by atoms with van der Waals surface area (Å²) < 4.78 is 33.1. The van der Waals surface area contributed by atoms with Gasteiger partial charge >= 0.3 is 0 Å². The highest BCUT2D eigenvalue weighted by molar-refractivity contribution is 9.10. The molecule has 7 heteroatoms. The van der Waals surface area contributed by atoms with E-state index in [0.29, 0.717) is 11.6 Å². The van der Waals surface area contributed by atoms with Crippen LogP contribution < -0.4 is 0 Å². The van der Waals surface area contributed by atoms with E-state index in [1.165, 1.54) is 4.31 Å². The highest BCUT2D eigenvalue weighted by atomic mass is 79.9. The summed E-state index contributed by atoms with van der Waals surface area (Å²) >= 11 is 9.33. The summed E-state index contributed by atoms with van der Waals surface area (Å²) in [7, 11) is -2.01. The van der Waals surface area contributed by atoms with Crippen LogP contribution in [-0.2, 0) is 20.4 Å². The number of halogens is 2. The first-order chi connectivity index (χ1) is 10.8. The lowest BCUT2D eigenvalue weighted by molar-refractivity contribution is 0.266. The Kier molecular flexibility index (Phi) is 4.55. The van der Waals surface area contributed by atoms with E-state index in [2.05, 4.69) is 15.9 Å². The lowest BCUT2D eigenvalue weighted by Gasteiger charge is -2.22. The van der Waals surface area contributed by atoms with Crippen LogP contribution in [0.2, 0.25) is 5.02 Å². The van der Waals surface area contributed by atoms with Crippen molar-refractivity contribution in [1.82, 2.24) is 4.31 Å². The van der Waals surface area contributed by atoms with Crippen LogP contribution in [0.3, 0.4) is 0 Å². The van der Waals surface area contributed by atoms with Gasteiger partial charge in [0, 0.05) is 23.1 Å². The van der Waals surface area contributed by atoms with Crippen molar-refractivity contribution in [3.05, 3.63) is 63.6 Å². The number of benzene rings is 2. The number of hydrogen-bond acceptors (Lipinski definition) is 3. The van der Waals surface area contributed by atoms with Crippen molar-refractivity contribution in [2.24, 2.45) is 0 Å². The van der Waals surface area contributed by atoms with Gasteiger partial charge in [0.2, 0.25) is 10.0 Å². The van der Waals surface area contributed by atoms with Crippen molar-refractivity contribution in [3.8, 4) is 0 Å². The van der Waals surface area contributed by atoms with Crippen molar-refractivity contribution in [2.45, 2.75) is 10.5 Å². The molecule has 1 aliphatic heterocycles. The molecule has 0 bridgehead atoms. The van der Waals surface area contributed by atoms with Crippen LogP contribution in [0, 0.1) is 0 Å². The minimum absolute atomic E-state index is 0.242. The molecule has 1 fully saturated rings. The third-order valence-electron chi connectivity index (χ3n) is 3.84. The van der Waals surface area contributed by atoms with Crippen molar-refractivity contribution >= 4 is 37.6 Å². The summed E-state index contributed by atoms with van der Waals surface area (Å²) in [5.74, 6) is 0. The summed E-state index contributed by atoms with van der Waals surface area (Å²) in [5.41, 5.74) is 0.282. The summed E-state index contributed by atoms with van der Waals surface area (Å²) in [5, 5.41) is 0.607. The topological polar surface area (TPSA) is 49.9 Å². The molecule has 1 unspecified atom stereocenters. The van der Waals surface area contributed by atoms with E-state index < -0.39 is 15.6 Å². The molecule has 122 valence electrons. The second kappa shape index (κ2) is 6.18. The Balaban J connectivity index is 1.84. The van der Waals surface area contributed by atoms with Gasteiger partial charge in [0.15, 0.2) is 0 Å². The molecule has 0 N–H and O–H groups in total. The van der Waals surface area contributed by atoms with Gasteiger partial charge in [-0.05, 0) is 42.0 Å². The maximum Gasteiger partial charge on any atom is 0.242 e. The van der Waals surface area contributed by atoms with Gasteiger partial charge in [-0.1, -0.05) is 39.7 Å². The first kappa shape index (κ1) is 16.9. The Labute approximate surface area is 149 Å². The number of nitrogens with zero attached hydrogens (tertiary/aromatic N) is 1. The zero-order valence-corrected chi connectivity index (χ0v) is 15.5. The van der Waals surface area contributed by atoms with E-state index in [1.807, 2.05) is 18.2 Å². The average Bonchev–Trinajstić information content (AvgIpc) is 3.28. The number of likely N-dealkylation sites (N-methyl/N-ethyl adjacent to an activating group) is 1. The minimum Gasteiger partial charge on any atom is -0.363 e. The molecule has 2 aromatic rings. The third-order valence-corrected chi connectivity index (χ3v) is 6.42. The SMILES string of the molecule is CN(CC1(c2cccc(Cl)c2)CO1)S(=O)(=O)c1ccc(Br)cc1.